The van der Waals surface area contributed by atoms with E-state index in [0.717, 1.165) is 42.1 Å². The van der Waals surface area contributed by atoms with Crippen LogP contribution in [0, 0.1) is 5.82 Å². The van der Waals surface area contributed by atoms with Gasteiger partial charge >= 0.3 is 0 Å². The summed E-state index contributed by atoms with van der Waals surface area (Å²) >= 11 is 1.40. The molecule has 0 unspecified atom stereocenters. The normalized spacial score (nSPS) is 20.5. The number of benzene rings is 2. The molecule has 2 fully saturated rings. The standard InChI is InChI=1S/C24H23FN4OS/c1-28-21-12-7-16(13-17(21)15-26-28)14-22-23(30)29(20-5-3-2-4-6-20)24(31-22)27-19-10-8-18(25)9-11-19/h7-15,20H,2-6H2,1H3. The van der Waals surface area contributed by atoms with E-state index in [1.807, 2.05) is 47.1 Å². The molecule has 1 aromatic heterocycles. The average molecular weight is 435 g/mol. The van der Waals surface area contributed by atoms with Crippen molar-refractivity contribution in [1.82, 2.24) is 14.7 Å². The van der Waals surface area contributed by atoms with Gasteiger partial charge in [0.05, 0.1) is 22.3 Å². The average Bonchev–Trinajstić information content (AvgIpc) is 3.30. The highest BCUT2D eigenvalue weighted by Crippen LogP contribution is 2.38. The van der Waals surface area contributed by atoms with E-state index in [1.54, 1.807) is 12.1 Å². The summed E-state index contributed by atoms with van der Waals surface area (Å²) in [6, 6.07) is 12.3. The van der Waals surface area contributed by atoms with Crippen molar-refractivity contribution >= 4 is 45.5 Å². The number of amidine groups is 1. The molecule has 5 rings (SSSR count). The number of aromatic nitrogens is 2. The number of aliphatic imine (C=N–C) groups is 1. The quantitative estimate of drug-likeness (QED) is 0.501. The molecule has 2 heterocycles. The summed E-state index contributed by atoms with van der Waals surface area (Å²) in [5.41, 5.74) is 2.66. The van der Waals surface area contributed by atoms with E-state index in [1.165, 1.54) is 30.3 Å². The number of hydrogen-bond donors (Lipinski definition) is 0. The van der Waals surface area contributed by atoms with E-state index in [-0.39, 0.29) is 17.8 Å². The van der Waals surface area contributed by atoms with Crippen molar-refractivity contribution < 1.29 is 9.18 Å². The Morgan fingerprint density at radius 2 is 1.90 bits per heavy atom. The molecular weight excluding hydrogens is 411 g/mol. The molecular formula is C24H23FN4OS. The molecule has 2 aliphatic rings. The molecule has 1 saturated carbocycles. The summed E-state index contributed by atoms with van der Waals surface area (Å²) in [5.74, 6) is -0.293. The number of halogens is 1. The lowest BCUT2D eigenvalue weighted by atomic mass is 9.94. The van der Waals surface area contributed by atoms with Crippen molar-refractivity contribution in [1.29, 1.82) is 0 Å². The Bertz CT molecular complexity index is 1190. The highest BCUT2D eigenvalue weighted by Gasteiger charge is 2.38. The fourth-order valence-corrected chi connectivity index (χ4v) is 5.33. The van der Waals surface area contributed by atoms with Crippen molar-refractivity contribution in [3.8, 4) is 0 Å². The maximum Gasteiger partial charge on any atom is 0.267 e. The van der Waals surface area contributed by atoms with Gasteiger partial charge in [0, 0.05) is 18.5 Å². The van der Waals surface area contributed by atoms with Crippen molar-refractivity contribution in [3.05, 3.63) is 64.9 Å². The summed E-state index contributed by atoms with van der Waals surface area (Å²) in [6.07, 6.45) is 9.20. The van der Waals surface area contributed by atoms with Crippen molar-refractivity contribution in [2.75, 3.05) is 0 Å². The molecule has 5 nitrogen and oxygen atoms in total. The van der Waals surface area contributed by atoms with E-state index in [2.05, 4.69) is 5.10 Å². The van der Waals surface area contributed by atoms with Crippen LogP contribution in [0.2, 0.25) is 0 Å². The zero-order valence-electron chi connectivity index (χ0n) is 17.3. The summed E-state index contributed by atoms with van der Waals surface area (Å²) < 4.78 is 15.1. The van der Waals surface area contributed by atoms with Gasteiger partial charge in [0.1, 0.15) is 5.82 Å². The van der Waals surface area contributed by atoms with Crippen LogP contribution >= 0.6 is 11.8 Å². The van der Waals surface area contributed by atoms with Gasteiger partial charge in [0.2, 0.25) is 0 Å². The molecule has 3 aromatic rings. The van der Waals surface area contributed by atoms with Crippen LogP contribution in [0.5, 0.6) is 0 Å². The van der Waals surface area contributed by atoms with Crippen LogP contribution in [0.25, 0.3) is 17.0 Å². The molecule has 0 atom stereocenters. The second-order valence-corrected chi connectivity index (χ2v) is 9.04. The fourth-order valence-electron chi connectivity index (χ4n) is 4.28. The van der Waals surface area contributed by atoms with Gasteiger partial charge in [-0.25, -0.2) is 9.38 Å². The third-order valence-electron chi connectivity index (χ3n) is 5.90. The first kappa shape index (κ1) is 20.0. The van der Waals surface area contributed by atoms with Gasteiger partial charge in [-0.15, -0.1) is 0 Å². The number of aryl methyl sites for hydroxylation is 1. The predicted molar refractivity (Wildman–Crippen MR) is 123 cm³/mol. The second kappa shape index (κ2) is 8.30. The number of rotatable bonds is 3. The summed E-state index contributed by atoms with van der Waals surface area (Å²) in [4.78, 5) is 20.7. The number of carbonyl (C=O) groups is 1. The van der Waals surface area contributed by atoms with Gasteiger partial charge in [0.15, 0.2) is 5.17 Å². The lowest BCUT2D eigenvalue weighted by molar-refractivity contribution is -0.124. The molecule has 1 aliphatic carbocycles. The topological polar surface area (TPSA) is 50.5 Å². The first-order chi connectivity index (χ1) is 15.1. The highest BCUT2D eigenvalue weighted by atomic mass is 32.2. The molecule has 2 aromatic carbocycles. The molecule has 7 heteroatoms. The molecule has 0 N–H and O–H groups in total. The number of carbonyl (C=O) groups excluding carboxylic acids is 1. The Hall–Kier alpha value is -2.93. The minimum Gasteiger partial charge on any atom is -0.283 e. The molecule has 0 radical (unpaired) electrons. The summed E-state index contributed by atoms with van der Waals surface area (Å²) in [6.45, 7) is 0. The van der Waals surface area contributed by atoms with Crippen molar-refractivity contribution in [2.24, 2.45) is 12.0 Å². The molecule has 1 aliphatic heterocycles. The van der Waals surface area contributed by atoms with Gasteiger partial charge in [-0.05, 0) is 72.6 Å². The minimum atomic E-state index is -0.297. The number of hydrogen-bond acceptors (Lipinski definition) is 4. The maximum atomic E-state index is 13.4. The number of nitrogens with zero attached hydrogens (tertiary/aromatic N) is 4. The van der Waals surface area contributed by atoms with Crippen LogP contribution in [0.15, 0.2) is 58.6 Å². The molecule has 158 valence electrons. The van der Waals surface area contributed by atoms with Crippen LogP contribution in [-0.2, 0) is 11.8 Å². The number of amides is 1. The van der Waals surface area contributed by atoms with Gasteiger partial charge in [0.25, 0.3) is 5.91 Å². The number of thioether (sulfide) groups is 1. The first-order valence-corrected chi connectivity index (χ1v) is 11.4. The van der Waals surface area contributed by atoms with E-state index < -0.39 is 0 Å². The monoisotopic (exact) mass is 434 g/mol. The third-order valence-corrected chi connectivity index (χ3v) is 6.88. The smallest absolute Gasteiger partial charge is 0.267 e. The van der Waals surface area contributed by atoms with Crippen LogP contribution in [-0.4, -0.2) is 31.8 Å². The molecule has 0 bridgehead atoms. The van der Waals surface area contributed by atoms with Crippen LogP contribution < -0.4 is 0 Å². The number of fused-ring (bicyclic) bond motifs is 1. The van der Waals surface area contributed by atoms with E-state index in [9.17, 15) is 9.18 Å². The fraction of sp³-hybridized carbons (Fsp3) is 0.292. The molecule has 1 saturated heterocycles. The minimum absolute atomic E-state index is 0.00375. The zero-order chi connectivity index (χ0) is 21.4. The van der Waals surface area contributed by atoms with Gasteiger partial charge in [-0.1, -0.05) is 25.3 Å². The van der Waals surface area contributed by atoms with Crippen LogP contribution in [0.3, 0.4) is 0 Å². The van der Waals surface area contributed by atoms with Crippen molar-refractivity contribution in [3.63, 3.8) is 0 Å². The molecule has 0 spiro atoms. The van der Waals surface area contributed by atoms with Gasteiger partial charge < -0.3 is 0 Å². The third kappa shape index (κ3) is 4.02. The summed E-state index contributed by atoms with van der Waals surface area (Å²) in [7, 11) is 1.91. The lowest BCUT2D eigenvalue weighted by Crippen LogP contribution is -2.40. The Kier molecular flexibility index (Phi) is 5.36. The largest absolute Gasteiger partial charge is 0.283 e. The molecule has 1 amide bonds. The first-order valence-electron chi connectivity index (χ1n) is 10.6. The van der Waals surface area contributed by atoms with Gasteiger partial charge in [-0.2, -0.15) is 5.10 Å². The Labute approximate surface area is 184 Å². The van der Waals surface area contributed by atoms with Crippen LogP contribution in [0.4, 0.5) is 10.1 Å². The summed E-state index contributed by atoms with van der Waals surface area (Å²) in [5, 5.41) is 6.01. The second-order valence-electron chi connectivity index (χ2n) is 8.03. The van der Waals surface area contributed by atoms with E-state index in [0.29, 0.717) is 15.8 Å². The van der Waals surface area contributed by atoms with Gasteiger partial charge in [-0.3, -0.25) is 14.4 Å². The zero-order valence-corrected chi connectivity index (χ0v) is 18.1. The van der Waals surface area contributed by atoms with E-state index in [4.69, 9.17) is 4.99 Å². The maximum absolute atomic E-state index is 13.4. The van der Waals surface area contributed by atoms with Crippen LogP contribution in [0.1, 0.15) is 37.7 Å². The Balaban J connectivity index is 1.51. The SMILES string of the molecule is Cn1ncc2cc(C=C3SC(=Nc4ccc(F)cc4)N(C4CCCCC4)C3=O)ccc21. The lowest BCUT2D eigenvalue weighted by Gasteiger charge is -2.30. The van der Waals surface area contributed by atoms with E-state index >= 15 is 0 Å². The molecule has 31 heavy (non-hydrogen) atoms. The highest BCUT2D eigenvalue weighted by molar-refractivity contribution is 8.18. The predicted octanol–water partition coefficient (Wildman–Crippen LogP) is 5.65. The Morgan fingerprint density at radius 3 is 2.68 bits per heavy atom. The Morgan fingerprint density at radius 1 is 1.13 bits per heavy atom. The van der Waals surface area contributed by atoms with Crippen molar-refractivity contribution in [2.45, 2.75) is 38.1 Å².